The van der Waals surface area contributed by atoms with Gasteiger partial charge >= 0.3 is 6.09 Å². The lowest BCUT2D eigenvalue weighted by Gasteiger charge is -2.33. The summed E-state index contributed by atoms with van der Waals surface area (Å²) >= 11 is 1.61. The van der Waals surface area contributed by atoms with Gasteiger partial charge in [-0.2, -0.15) is 11.3 Å². The molecule has 2 bridgehead atoms. The Bertz CT molecular complexity index is 765. The Hall–Kier alpha value is -2.05. The molecule has 3 atom stereocenters. The van der Waals surface area contributed by atoms with Crippen molar-refractivity contribution < 1.29 is 14.6 Å². The smallest absolute Gasteiger partial charge is 0.411 e. The molecule has 26 heavy (non-hydrogen) atoms. The van der Waals surface area contributed by atoms with Crippen LogP contribution in [0.3, 0.4) is 0 Å². The van der Waals surface area contributed by atoms with Gasteiger partial charge in [0.05, 0.1) is 12.8 Å². The van der Waals surface area contributed by atoms with Gasteiger partial charge in [-0.1, -0.05) is 0 Å². The van der Waals surface area contributed by atoms with Gasteiger partial charge in [0.2, 0.25) is 0 Å². The molecule has 1 unspecified atom stereocenters. The molecule has 0 radical (unpaired) electrons. The second-order valence-corrected chi connectivity index (χ2v) is 8.04. The van der Waals surface area contributed by atoms with Crippen LogP contribution in [0.5, 0.6) is 5.75 Å². The van der Waals surface area contributed by atoms with Gasteiger partial charge in [-0.05, 0) is 66.1 Å². The highest BCUT2D eigenvalue weighted by molar-refractivity contribution is 7.08. The molecular formula is C20H24N2O3S. The molecule has 0 aliphatic carbocycles. The van der Waals surface area contributed by atoms with Gasteiger partial charge in [0.1, 0.15) is 5.75 Å². The molecule has 2 aliphatic heterocycles. The maximum absolute atomic E-state index is 12.1. The lowest BCUT2D eigenvalue weighted by molar-refractivity contribution is 0.198. The van der Waals surface area contributed by atoms with Crippen LogP contribution >= 0.6 is 11.3 Å². The van der Waals surface area contributed by atoms with Crippen molar-refractivity contribution in [1.29, 1.82) is 0 Å². The number of anilines is 1. The molecule has 2 saturated heterocycles. The van der Waals surface area contributed by atoms with Crippen molar-refractivity contribution in [1.82, 2.24) is 5.32 Å². The normalized spacial score (nSPS) is 24.4. The monoisotopic (exact) mass is 372 g/mol. The Labute approximate surface area is 157 Å². The molecule has 1 amide bonds. The number of rotatable bonds is 5. The molecule has 0 saturated carbocycles. The summed E-state index contributed by atoms with van der Waals surface area (Å²) in [6, 6.07) is 8.82. The number of carbonyl (C=O) groups is 1. The van der Waals surface area contributed by atoms with Gasteiger partial charge in [0.25, 0.3) is 0 Å². The topological polar surface area (TPSA) is 61.8 Å². The second kappa shape index (κ2) is 7.29. The number of nitrogens with zero attached hydrogens (tertiary/aromatic N) is 1. The van der Waals surface area contributed by atoms with Gasteiger partial charge < -0.3 is 15.2 Å². The number of ether oxygens (including phenoxy) is 1. The van der Waals surface area contributed by atoms with E-state index in [1.54, 1.807) is 18.4 Å². The van der Waals surface area contributed by atoms with E-state index in [4.69, 9.17) is 4.74 Å². The fourth-order valence-corrected chi connectivity index (χ4v) is 5.04. The van der Waals surface area contributed by atoms with E-state index in [2.05, 4.69) is 10.7 Å². The Morgan fingerprint density at radius 2 is 2.08 bits per heavy atom. The zero-order valence-corrected chi connectivity index (χ0v) is 15.7. The maximum atomic E-state index is 12.1. The van der Waals surface area contributed by atoms with E-state index in [1.165, 1.54) is 17.7 Å². The van der Waals surface area contributed by atoms with Crippen LogP contribution in [0.25, 0.3) is 11.1 Å². The van der Waals surface area contributed by atoms with E-state index in [9.17, 15) is 9.90 Å². The largest absolute Gasteiger partial charge is 0.497 e. The first-order valence-electron chi connectivity index (χ1n) is 9.11. The zero-order chi connectivity index (χ0) is 18.1. The first-order valence-corrected chi connectivity index (χ1v) is 10.1. The van der Waals surface area contributed by atoms with Crippen molar-refractivity contribution in [2.24, 2.45) is 5.92 Å². The standard InChI is InChI=1S/C20H24N2O3S/c1-25-17-4-5-18(14-6-7-26-12-14)19(10-17)22(20(23)24)11-13-8-15-2-3-16(9-13)21-15/h4-7,10,12-13,15-16,21H,2-3,8-9,11H2,1H3,(H,23,24)/t13?,15-,16+. The maximum Gasteiger partial charge on any atom is 0.411 e. The van der Waals surface area contributed by atoms with Gasteiger partial charge in [-0.25, -0.2) is 4.79 Å². The van der Waals surface area contributed by atoms with Crippen LogP contribution in [0.2, 0.25) is 0 Å². The van der Waals surface area contributed by atoms with Crippen LogP contribution in [0.1, 0.15) is 25.7 Å². The molecule has 1 aromatic carbocycles. The average Bonchev–Trinajstić information content (AvgIpc) is 3.29. The third-order valence-electron chi connectivity index (χ3n) is 5.57. The molecule has 2 aromatic rings. The van der Waals surface area contributed by atoms with Crippen molar-refractivity contribution in [3.05, 3.63) is 35.0 Å². The number of piperidine rings is 1. The fourth-order valence-electron chi connectivity index (χ4n) is 4.39. The summed E-state index contributed by atoms with van der Waals surface area (Å²) in [4.78, 5) is 13.7. The number of methoxy groups -OCH3 is 1. The van der Waals surface area contributed by atoms with Crippen molar-refractivity contribution in [2.45, 2.75) is 37.8 Å². The number of hydrogen-bond acceptors (Lipinski definition) is 4. The highest BCUT2D eigenvalue weighted by atomic mass is 32.1. The van der Waals surface area contributed by atoms with E-state index in [1.807, 2.05) is 29.6 Å². The summed E-state index contributed by atoms with van der Waals surface area (Å²) < 4.78 is 5.36. The van der Waals surface area contributed by atoms with Crippen molar-refractivity contribution >= 4 is 23.1 Å². The number of benzene rings is 1. The molecule has 2 aliphatic rings. The average molecular weight is 372 g/mol. The molecule has 4 rings (SSSR count). The number of thiophene rings is 1. The van der Waals surface area contributed by atoms with Crippen LogP contribution in [-0.2, 0) is 0 Å². The predicted molar refractivity (Wildman–Crippen MR) is 104 cm³/mol. The van der Waals surface area contributed by atoms with Gasteiger partial charge in [0, 0.05) is 30.3 Å². The van der Waals surface area contributed by atoms with Crippen LogP contribution < -0.4 is 15.0 Å². The fraction of sp³-hybridized carbons (Fsp3) is 0.450. The first-order chi connectivity index (χ1) is 12.6. The lowest BCUT2D eigenvalue weighted by Crippen LogP contribution is -2.43. The molecule has 0 spiro atoms. The minimum atomic E-state index is -0.902. The third kappa shape index (κ3) is 3.44. The molecule has 1 aromatic heterocycles. The zero-order valence-electron chi connectivity index (χ0n) is 14.9. The third-order valence-corrected chi connectivity index (χ3v) is 6.25. The molecule has 138 valence electrons. The highest BCUT2D eigenvalue weighted by Crippen LogP contribution is 2.38. The Balaban J connectivity index is 1.66. The van der Waals surface area contributed by atoms with Crippen LogP contribution in [0.15, 0.2) is 35.0 Å². The molecule has 2 N–H and O–H groups in total. The van der Waals surface area contributed by atoms with Crippen molar-refractivity contribution in [3.8, 4) is 16.9 Å². The van der Waals surface area contributed by atoms with E-state index < -0.39 is 6.09 Å². The first kappa shape index (κ1) is 17.4. The van der Waals surface area contributed by atoms with Crippen molar-refractivity contribution in [2.75, 3.05) is 18.6 Å². The molecule has 2 fully saturated rings. The summed E-state index contributed by atoms with van der Waals surface area (Å²) in [6.45, 7) is 0.536. The molecule has 5 nitrogen and oxygen atoms in total. The van der Waals surface area contributed by atoms with Crippen molar-refractivity contribution in [3.63, 3.8) is 0 Å². The second-order valence-electron chi connectivity index (χ2n) is 7.26. The number of nitrogens with one attached hydrogen (secondary N) is 1. The predicted octanol–water partition coefficient (Wildman–Crippen LogP) is 4.44. The minimum Gasteiger partial charge on any atom is -0.497 e. The van der Waals surface area contributed by atoms with Gasteiger partial charge in [0.15, 0.2) is 0 Å². The highest BCUT2D eigenvalue weighted by Gasteiger charge is 2.35. The summed E-state index contributed by atoms with van der Waals surface area (Å²) in [5.74, 6) is 1.07. The van der Waals surface area contributed by atoms with E-state index in [0.717, 1.165) is 24.0 Å². The summed E-state index contributed by atoms with van der Waals surface area (Å²) in [5, 5.41) is 17.7. The number of hydrogen-bond donors (Lipinski definition) is 2. The summed E-state index contributed by atoms with van der Waals surface area (Å²) in [6.07, 6.45) is 3.64. The van der Waals surface area contributed by atoms with Crippen LogP contribution in [0, 0.1) is 5.92 Å². The molecular weight excluding hydrogens is 348 g/mol. The van der Waals surface area contributed by atoms with Crippen LogP contribution in [-0.4, -0.2) is 36.9 Å². The van der Waals surface area contributed by atoms with Gasteiger partial charge in [-0.3, -0.25) is 4.90 Å². The number of amides is 1. The quantitative estimate of drug-likeness (QED) is 0.815. The Kier molecular flexibility index (Phi) is 4.87. The SMILES string of the molecule is COc1ccc(-c2ccsc2)c(N(CC2C[C@H]3CC[C@@H](C2)N3)C(=O)O)c1. The van der Waals surface area contributed by atoms with E-state index in [0.29, 0.717) is 36.0 Å². The minimum absolute atomic E-state index is 0.395. The Morgan fingerprint density at radius 1 is 1.31 bits per heavy atom. The number of fused-ring (bicyclic) bond motifs is 2. The lowest BCUT2D eigenvalue weighted by atomic mass is 9.91. The summed E-state index contributed by atoms with van der Waals surface area (Å²) in [7, 11) is 1.61. The van der Waals surface area contributed by atoms with E-state index >= 15 is 0 Å². The number of carboxylic acid groups (broad SMARTS) is 1. The van der Waals surface area contributed by atoms with E-state index in [-0.39, 0.29) is 0 Å². The van der Waals surface area contributed by atoms with Crippen LogP contribution in [0.4, 0.5) is 10.5 Å². The molecule has 6 heteroatoms. The summed E-state index contributed by atoms with van der Waals surface area (Å²) in [5.41, 5.74) is 2.69. The molecule has 3 heterocycles. The van der Waals surface area contributed by atoms with Gasteiger partial charge in [-0.15, -0.1) is 0 Å². The Morgan fingerprint density at radius 3 is 2.69 bits per heavy atom.